The number of anilines is 1. The number of carbonyl (C=O) groups is 2. The summed E-state index contributed by atoms with van der Waals surface area (Å²) in [7, 11) is 0. The van der Waals surface area contributed by atoms with Crippen LogP contribution in [0.5, 0.6) is 0 Å². The van der Waals surface area contributed by atoms with Crippen molar-refractivity contribution in [1.82, 2.24) is 19.5 Å². The molecule has 3 heterocycles. The lowest BCUT2D eigenvalue weighted by Gasteiger charge is -2.36. The first-order chi connectivity index (χ1) is 16.1. The summed E-state index contributed by atoms with van der Waals surface area (Å²) in [4.78, 5) is 32.6. The maximum absolute atomic E-state index is 12.3. The lowest BCUT2D eigenvalue weighted by atomic mass is 10.0. The smallest absolute Gasteiger partial charge is 0.410 e. The van der Waals surface area contributed by atoms with E-state index in [1.165, 1.54) is 0 Å². The van der Waals surface area contributed by atoms with Crippen molar-refractivity contribution in [2.45, 2.75) is 47.1 Å². The molecule has 0 atom stereocenters. The summed E-state index contributed by atoms with van der Waals surface area (Å²) in [6.07, 6.45) is 1.43. The highest BCUT2D eigenvalue weighted by molar-refractivity contribution is 5.98. The SMILES string of the molecule is CC.Cc1cnc2cc(-c3ccc(N4CCN(C(=O)OC(C)(C)C)CC4)cc3)c(C(N)=O)nn12. The van der Waals surface area contributed by atoms with Crippen molar-refractivity contribution in [2.24, 2.45) is 5.73 Å². The van der Waals surface area contributed by atoms with E-state index in [4.69, 9.17) is 10.5 Å². The summed E-state index contributed by atoms with van der Waals surface area (Å²) < 4.78 is 7.08. The third kappa shape index (κ3) is 5.47. The molecule has 1 fully saturated rings. The number of aryl methyl sites for hydroxylation is 1. The number of aromatic nitrogens is 3. The van der Waals surface area contributed by atoms with Crippen LogP contribution in [0.2, 0.25) is 0 Å². The maximum Gasteiger partial charge on any atom is 0.410 e. The van der Waals surface area contributed by atoms with Gasteiger partial charge in [0.1, 0.15) is 5.60 Å². The Morgan fingerprint density at radius 2 is 1.65 bits per heavy atom. The van der Waals surface area contributed by atoms with Gasteiger partial charge in [0.2, 0.25) is 0 Å². The first kappa shape index (κ1) is 25.0. The second-order valence-corrected chi connectivity index (χ2v) is 8.94. The average Bonchev–Trinajstić information content (AvgIpc) is 3.18. The summed E-state index contributed by atoms with van der Waals surface area (Å²) in [5.74, 6) is -0.586. The van der Waals surface area contributed by atoms with Gasteiger partial charge in [-0.05, 0) is 51.5 Å². The van der Waals surface area contributed by atoms with Gasteiger partial charge in [-0.1, -0.05) is 26.0 Å². The van der Waals surface area contributed by atoms with E-state index in [0.29, 0.717) is 37.4 Å². The highest BCUT2D eigenvalue weighted by atomic mass is 16.6. The largest absolute Gasteiger partial charge is 0.444 e. The van der Waals surface area contributed by atoms with E-state index in [1.54, 1.807) is 15.6 Å². The van der Waals surface area contributed by atoms with Gasteiger partial charge in [0.25, 0.3) is 5.91 Å². The molecule has 1 aromatic carbocycles. The number of hydrogen-bond donors (Lipinski definition) is 1. The Morgan fingerprint density at radius 1 is 1.03 bits per heavy atom. The lowest BCUT2D eigenvalue weighted by molar-refractivity contribution is 0.0240. The van der Waals surface area contributed by atoms with Gasteiger partial charge in [-0.3, -0.25) is 4.79 Å². The third-order valence-electron chi connectivity index (χ3n) is 5.37. The number of imidazole rings is 1. The second kappa shape index (κ2) is 10.1. The van der Waals surface area contributed by atoms with Crippen LogP contribution in [0.25, 0.3) is 16.8 Å². The molecule has 2 N–H and O–H groups in total. The summed E-state index contributed by atoms with van der Waals surface area (Å²) >= 11 is 0. The fourth-order valence-corrected chi connectivity index (χ4v) is 3.76. The molecule has 2 amide bonds. The zero-order chi connectivity index (χ0) is 25.0. The van der Waals surface area contributed by atoms with Crippen LogP contribution in [0.3, 0.4) is 0 Å². The Hall–Kier alpha value is -3.62. The quantitative estimate of drug-likeness (QED) is 0.628. The van der Waals surface area contributed by atoms with Crippen molar-refractivity contribution in [1.29, 1.82) is 0 Å². The Labute approximate surface area is 200 Å². The predicted molar refractivity (Wildman–Crippen MR) is 133 cm³/mol. The molecule has 2 aromatic heterocycles. The summed E-state index contributed by atoms with van der Waals surface area (Å²) in [6.45, 7) is 14.1. The monoisotopic (exact) mass is 466 g/mol. The number of nitrogens with zero attached hydrogens (tertiary/aromatic N) is 5. The zero-order valence-electron chi connectivity index (χ0n) is 20.8. The number of nitrogens with two attached hydrogens (primary N) is 1. The predicted octanol–water partition coefficient (Wildman–Crippen LogP) is 3.89. The molecule has 0 saturated carbocycles. The summed E-state index contributed by atoms with van der Waals surface area (Å²) in [6, 6.07) is 9.74. The van der Waals surface area contributed by atoms with Crippen LogP contribution in [0, 0.1) is 6.92 Å². The van der Waals surface area contributed by atoms with Crippen molar-refractivity contribution >= 4 is 23.3 Å². The van der Waals surface area contributed by atoms with Crippen molar-refractivity contribution in [2.75, 3.05) is 31.1 Å². The molecule has 1 aliphatic heterocycles. The highest BCUT2D eigenvalue weighted by Crippen LogP contribution is 2.27. The van der Waals surface area contributed by atoms with Gasteiger partial charge in [-0.15, -0.1) is 0 Å². The fraction of sp³-hybridized carbons (Fsp3) is 0.440. The van der Waals surface area contributed by atoms with E-state index in [1.807, 2.05) is 71.9 Å². The lowest BCUT2D eigenvalue weighted by Crippen LogP contribution is -2.50. The fourth-order valence-electron chi connectivity index (χ4n) is 3.76. The van der Waals surface area contributed by atoms with E-state index in [-0.39, 0.29) is 11.8 Å². The van der Waals surface area contributed by atoms with E-state index >= 15 is 0 Å². The third-order valence-corrected chi connectivity index (χ3v) is 5.37. The number of rotatable bonds is 3. The van der Waals surface area contributed by atoms with Gasteiger partial charge < -0.3 is 20.3 Å². The molecule has 4 rings (SSSR count). The molecular weight excluding hydrogens is 432 g/mol. The minimum atomic E-state index is -0.586. The van der Waals surface area contributed by atoms with Gasteiger partial charge in [-0.2, -0.15) is 5.10 Å². The van der Waals surface area contributed by atoms with Crippen molar-refractivity contribution in [3.05, 3.63) is 47.9 Å². The maximum atomic E-state index is 12.3. The van der Waals surface area contributed by atoms with E-state index in [2.05, 4.69) is 15.0 Å². The number of piperazine rings is 1. The average molecular weight is 467 g/mol. The molecule has 9 heteroatoms. The number of fused-ring (bicyclic) bond motifs is 1. The summed E-state index contributed by atoms with van der Waals surface area (Å²) in [5.41, 5.74) is 9.32. The number of ether oxygens (including phenoxy) is 1. The zero-order valence-corrected chi connectivity index (χ0v) is 20.8. The van der Waals surface area contributed by atoms with Crippen LogP contribution in [0.15, 0.2) is 36.5 Å². The van der Waals surface area contributed by atoms with Gasteiger partial charge in [0.15, 0.2) is 11.3 Å². The molecule has 0 aliphatic carbocycles. The molecule has 0 radical (unpaired) electrons. The van der Waals surface area contributed by atoms with Gasteiger partial charge in [0, 0.05) is 37.4 Å². The topological polar surface area (TPSA) is 106 Å². The normalized spacial score (nSPS) is 13.9. The Balaban J connectivity index is 0.00000158. The Bertz CT molecular complexity index is 1160. The Kier molecular flexibility index (Phi) is 7.44. The summed E-state index contributed by atoms with van der Waals surface area (Å²) in [5, 5.41) is 4.39. The van der Waals surface area contributed by atoms with Crippen LogP contribution < -0.4 is 10.6 Å². The molecule has 1 saturated heterocycles. The first-order valence-electron chi connectivity index (χ1n) is 11.6. The van der Waals surface area contributed by atoms with Gasteiger partial charge in [0.05, 0.1) is 11.9 Å². The highest BCUT2D eigenvalue weighted by Gasteiger charge is 2.26. The van der Waals surface area contributed by atoms with E-state index in [9.17, 15) is 9.59 Å². The molecule has 9 nitrogen and oxygen atoms in total. The number of primary amides is 1. The molecule has 0 bridgehead atoms. The van der Waals surface area contributed by atoms with Crippen LogP contribution >= 0.6 is 0 Å². The number of carbonyl (C=O) groups excluding carboxylic acids is 2. The van der Waals surface area contributed by atoms with Gasteiger partial charge in [-0.25, -0.2) is 14.3 Å². The molecular formula is C25H34N6O3. The van der Waals surface area contributed by atoms with Crippen molar-refractivity contribution in [3.63, 3.8) is 0 Å². The minimum absolute atomic E-state index is 0.206. The molecule has 3 aromatic rings. The molecule has 34 heavy (non-hydrogen) atoms. The number of amides is 2. The molecule has 1 aliphatic rings. The van der Waals surface area contributed by atoms with Crippen LogP contribution in [-0.4, -0.2) is 63.3 Å². The molecule has 182 valence electrons. The first-order valence-corrected chi connectivity index (χ1v) is 11.6. The molecule has 0 spiro atoms. The Morgan fingerprint density at radius 3 is 2.21 bits per heavy atom. The van der Waals surface area contributed by atoms with Crippen LogP contribution in [0.1, 0.15) is 50.8 Å². The van der Waals surface area contributed by atoms with E-state index < -0.39 is 11.5 Å². The van der Waals surface area contributed by atoms with Gasteiger partial charge >= 0.3 is 6.09 Å². The second-order valence-electron chi connectivity index (χ2n) is 8.94. The number of benzene rings is 1. The van der Waals surface area contributed by atoms with Crippen molar-refractivity contribution < 1.29 is 14.3 Å². The number of hydrogen-bond acceptors (Lipinski definition) is 6. The molecule has 0 unspecified atom stereocenters. The van der Waals surface area contributed by atoms with Crippen LogP contribution in [0.4, 0.5) is 10.5 Å². The van der Waals surface area contributed by atoms with E-state index in [0.717, 1.165) is 16.9 Å². The minimum Gasteiger partial charge on any atom is -0.444 e. The van der Waals surface area contributed by atoms with Crippen LogP contribution in [-0.2, 0) is 4.74 Å². The van der Waals surface area contributed by atoms with Crippen molar-refractivity contribution in [3.8, 4) is 11.1 Å². The standard InChI is InChI=1S/C23H28N6O3.C2H6/c1-15-14-25-19-13-18(20(21(24)30)26-29(15)19)16-5-7-17(8-6-16)27-9-11-28(12-10-27)22(31)32-23(2,3)4;1-2/h5-8,13-14H,9-12H2,1-4H3,(H2,24,30);1-2H3.